The van der Waals surface area contributed by atoms with E-state index in [-0.39, 0.29) is 24.8 Å². The zero-order valence-electron chi connectivity index (χ0n) is 45.1. The van der Waals surface area contributed by atoms with Crippen LogP contribution >= 0.6 is 15.6 Å². The zero-order chi connectivity index (χ0) is 55.2. The average molecular weight is 1100 g/mol. The highest BCUT2D eigenvalue weighted by atomic mass is 31.3. The van der Waals surface area contributed by atoms with E-state index < -0.39 is 83.7 Å². The molecule has 1 aliphatic rings. The number of nitrogens with zero attached hydrogens (tertiary/aromatic N) is 2. The second kappa shape index (κ2) is 40.8. The number of ether oxygens (including phenoxy) is 3. The van der Waals surface area contributed by atoms with Crippen LogP contribution < -0.4 is 11.4 Å². The Morgan fingerprint density at radius 2 is 1.21 bits per heavy atom. The molecular weight excluding hydrogens is 1010 g/mol. The summed E-state index contributed by atoms with van der Waals surface area (Å²) in [6.07, 6.45) is 35.7. The van der Waals surface area contributed by atoms with Crippen molar-refractivity contribution in [2.75, 3.05) is 25.6 Å². The molecule has 1 saturated heterocycles. The number of carbonyl (C=O) groups is 2. The minimum Gasteiger partial charge on any atom is -0.462 e. The number of nitrogens with two attached hydrogens (primary N) is 1. The summed E-state index contributed by atoms with van der Waals surface area (Å²) in [5.74, 6) is -0.572. The lowest BCUT2D eigenvalue weighted by Gasteiger charge is -2.21. The first-order chi connectivity index (χ1) is 35.9. The number of hydrogen-bond acceptors (Lipinski definition) is 16. The van der Waals surface area contributed by atoms with Gasteiger partial charge in [0.2, 0.25) is 0 Å². The van der Waals surface area contributed by atoms with E-state index in [0.29, 0.717) is 25.7 Å². The standard InChI is InChI=1S/C54H93N3O16P2/c1-4-45(58)36-32-28-24-20-16-12-9-10-14-18-22-26-30-34-38-50(60)71-46(41-68-49(59)37-33-29-25-21-17-13-8-6-5-7-11-15-19-23-27-31-35-44(2)3)42-69-74(64,65)73-75(66,67)70-43-47-51(61)52(62)53(72-47)57-40-39-48(55)56-54(57)63/h10,12,14,16,22,24,26,28,39-40,44-47,51-53,58,61-62H,4-9,11,13,15,17-21,23,25,27,29-38,41-43H2,1-3H3,(H,64,65)(H,66,67)(H2,55,56,63)/b14-10-,16-12-,26-22-,28-24-/t45-,46-,47-,51-,52-,53-/m1/s1. The molecule has 0 saturated carbocycles. The van der Waals surface area contributed by atoms with Crippen molar-refractivity contribution in [2.24, 2.45) is 5.92 Å². The van der Waals surface area contributed by atoms with E-state index in [4.69, 9.17) is 29.0 Å². The number of nitrogen functional groups attached to an aromatic ring is 1. The predicted octanol–water partition coefficient (Wildman–Crippen LogP) is 10.9. The maximum atomic E-state index is 12.9. The molecule has 19 nitrogen and oxygen atoms in total. The Kier molecular flexibility index (Phi) is 36.9. The van der Waals surface area contributed by atoms with E-state index in [0.717, 1.165) is 74.5 Å². The second-order valence-corrected chi connectivity index (χ2v) is 22.8. The lowest BCUT2D eigenvalue weighted by molar-refractivity contribution is -0.161. The fraction of sp³-hybridized carbons (Fsp3) is 0.741. The maximum absolute atomic E-state index is 12.9. The Labute approximate surface area is 446 Å². The smallest absolute Gasteiger partial charge is 0.462 e. The summed E-state index contributed by atoms with van der Waals surface area (Å²) in [6, 6.07) is 1.24. The molecule has 75 heavy (non-hydrogen) atoms. The summed E-state index contributed by atoms with van der Waals surface area (Å²) < 4.78 is 56.8. The lowest BCUT2D eigenvalue weighted by atomic mass is 10.0. The first-order valence-corrected chi connectivity index (χ1v) is 30.6. The molecule has 2 rings (SSSR count). The molecule has 0 aromatic carbocycles. The fourth-order valence-electron chi connectivity index (χ4n) is 8.06. The van der Waals surface area contributed by atoms with Gasteiger partial charge in [0.05, 0.1) is 19.3 Å². The highest BCUT2D eigenvalue weighted by Gasteiger charge is 2.46. The number of esters is 2. The molecular formula is C54H93N3O16P2. The number of phosphoric acid groups is 2. The van der Waals surface area contributed by atoms with Crippen LogP contribution in [-0.4, -0.2) is 96.9 Å². The number of phosphoric ester groups is 2. The monoisotopic (exact) mass is 1100 g/mol. The summed E-state index contributed by atoms with van der Waals surface area (Å²) in [4.78, 5) is 62.0. The van der Waals surface area contributed by atoms with E-state index in [1.54, 1.807) is 0 Å². The number of allylic oxidation sites excluding steroid dienone is 8. The molecule has 2 unspecified atom stereocenters. The third-order valence-electron chi connectivity index (χ3n) is 12.5. The van der Waals surface area contributed by atoms with Crippen molar-refractivity contribution in [1.82, 2.24) is 9.55 Å². The van der Waals surface area contributed by atoms with Gasteiger partial charge < -0.3 is 45.1 Å². The van der Waals surface area contributed by atoms with Crippen LogP contribution in [-0.2, 0) is 46.3 Å². The molecule has 0 aliphatic carbocycles. The molecule has 1 fully saturated rings. The number of anilines is 1. The van der Waals surface area contributed by atoms with Gasteiger partial charge >= 0.3 is 33.3 Å². The summed E-state index contributed by atoms with van der Waals surface area (Å²) in [6.45, 7) is 4.18. The SMILES string of the molecule is CC[C@@H](O)CC/C=C\C/C=C\C/C=C\C/C=C\CCCC(=O)O[C@H](COC(=O)CCCCCCCCCCCCCCCCCCC(C)C)COP(=O)(O)OP(=O)(O)OC[C@H]1O[C@@H](n2ccc(N)nc2=O)[C@H](O)[C@@H]1O. The Morgan fingerprint density at radius 3 is 1.76 bits per heavy atom. The summed E-state index contributed by atoms with van der Waals surface area (Å²) >= 11 is 0. The van der Waals surface area contributed by atoms with Crippen LogP contribution in [0.15, 0.2) is 65.7 Å². The van der Waals surface area contributed by atoms with Crippen molar-refractivity contribution in [2.45, 2.75) is 231 Å². The molecule has 8 atom stereocenters. The molecule has 430 valence electrons. The highest BCUT2D eigenvalue weighted by molar-refractivity contribution is 7.61. The maximum Gasteiger partial charge on any atom is 0.481 e. The van der Waals surface area contributed by atoms with Crippen LogP contribution in [0.5, 0.6) is 0 Å². The number of hydrogen-bond donors (Lipinski definition) is 6. The fourth-order valence-corrected chi connectivity index (χ4v) is 10.2. The van der Waals surface area contributed by atoms with Crippen molar-refractivity contribution >= 4 is 33.4 Å². The minimum absolute atomic E-state index is 0.0387. The van der Waals surface area contributed by atoms with Gasteiger partial charge in [-0.25, -0.2) is 13.9 Å². The normalized spacial score (nSPS) is 19.6. The van der Waals surface area contributed by atoms with Crippen LogP contribution in [0.1, 0.15) is 200 Å². The molecule has 1 aromatic rings. The van der Waals surface area contributed by atoms with Crippen molar-refractivity contribution < 1.29 is 71.4 Å². The number of rotatable bonds is 45. The molecule has 1 aromatic heterocycles. The Bertz CT molecular complexity index is 1980. The van der Waals surface area contributed by atoms with Crippen molar-refractivity contribution in [3.8, 4) is 0 Å². The third kappa shape index (κ3) is 34.2. The van der Waals surface area contributed by atoms with E-state index in [9.17, 15) is 48.6 Å². The van der Waals surface area contributed by atoms with Crippen LogP contribution in [0, 0.1) is 5.92 Å². The van der Waals surface area contributed by atoms with E-state index in [1.165, 1.54) is 83.1 Å². The number of aliphatic hydroxyl groups is 3. The molecule has 0 spiro atoms. The van der Waals surface area contributed by atoms with Gasteiger partial charge in [-0.1, -0.05) is 172 Å². The summed E-state index contributed by atoms with van der Waals surface area (Å²) in [5.41, 5.74) is 4.59. The van der Waals surface area contributed by atoms with Crippen molar-refractivity contribution in [1.29, 1.82) is 0 Å². The molecule has 0 amide bonds. The van der Waals surface area contributed by atoms with Crippen LogP contribution in [0.25, 0.3) is 0 Å². The molecule has 7 N–H and O–H groups in total. The Hall–Kier alpha value is -3.32. The first-order valence-electron chi connectivity index (χ1n) is 27.6. The van der Waals surface area contributed by atoms with Gasteiger partial charge in [0, 0.05) is 19.0 Å². The lowest BCUT2D eigenvalue weighted by Crippen LogP contribution is -2.36. The Morgan fingerprint density at radius 1 is 0.707 bits per heavy atom. The largest absolute Gasteiger partial charge is 0.481 e. The highest BCUT2D eigenvalue weighted by Crippen LogP contribution is 2.60. The molecule has 2 heterocycles. The Balaban J connectivity index is 1.79. The van der Waals surface area contributed by atoms with Gasteiger partial charge in [-0.05, 0) is 69.8 Å². The van der Waals surface area contributed by atoms with E-state index in [2.05, 4.69) is 53.5 Å². The van der Waals surface area contributed by atoms with Gasteiger partial charge in [0.15, 0.2) is 12.3 Å². The second-order valence-electron chi connectivity index (χ2n) is 19.7. The van der Waals surface area contributed by atoms with Gasteiger partial charge in [0.1, 0.15) is 30.7 Å². The van der Waals surface area contributed by atoms with Gasteiger partial charge in [-0.15, -0.1) is 0 Å². The van der Waals surface area contributed by atoms with Crippen LogP contribution in [0.2, 0.25) is 0 Å². The zero-order valence-corrected chi connectivity index (χ0v) is 46.9. The number of unbranched alkanes of at least 4 members (excludes halogenated alkanes) is 16. The van der Waals surface area contributed by atoms with Gasteiger partial charge in [0.25, 0.3) is 0 Å². The predicted molar refractivity (Wildman–Crippen MR) is 290 cm³/mol. The van der Waals surface area contributed by atoms with E-state index >= 15 is 0 Å². The minimum atomic E-state index is -5.45. The molecule has 0 radical (unpaired) electrons. The summed E-state index contributed by atoms with van der Waals surface area (Å²) in [5, 5.41) is 30.5. The quantitative estimate of drug-likeness (QED) is 0.0153. The van der Waals surface area contributed by atoms with Crippen LogP contribution in [0.4, 0.5) is 5.82 Å². The molecule has 21 heteroatoms. The van der Waals surface area contributed by atoms with Crippen LogP contribution in [0.3, 0.4) is 0 Å². The number of aliphatic hydroxyl groups excluding tert-OH is 3. The number of aromatic nitrogens is 2. The van der Waals surface area contributed by atoms with Gasteiger partial charge in [-0.3, -0.25) is 23.2 Å². The molecule has 1 aliphatic heterocycles. The topological polar surface area (TPSA) is 286 Å². The van der Waals surface area contributed by atoms with Crippen molar-refractivity contribution in [3.05, 3.63) is 71.4 Å². The first kappa shape index (κ1) is 67.8. The summed E-state index contributed by atoms with van der Waals surface area (Å²) in [7, 11) is -10.9. The molecule has 0 bridgehead atoms. The van der Waals surface area contributed by atoms with E-state index in [1.807, 2.05) is 25.2 Å². The number of carbonyl (C=O) groups excluding carboxylic acids is 2. The van der Waals surface area contributed by atoms with Crippen molar-refractivity contribution in [3.63, 3.8) is 0 Å². The average Bonchev–Trinajstić information content (AvgIpc) is 3.64. The van der Waals surface area contributed by atoms with Gasteiger partial charge in [-0.2, -0.15) is 9.29 Å². The third-order valence-corrected chi connectivity index (χ3v) is 15.1.